The lowest BCUT2D eigenvalue weighted by atomic mass is 9.68. The van der Waals surface area contributed by atoms with Crippen LogP contribution in [0, 0.1) is 11.3 Å². The number of hydrogen-bond donors (Lipinski definition) is 0. The average molecular weight is 265 g/mol. The van der Waals surface area contributed by atoms with Crippen molar-refractivity contribution in [1.82, 2.24) is 0 Å². The molecule has 2 atom stereocenters. The van der Waals surface area contributed by atoms with E-state index in [0.717, 1.165) is 6.54 Å². The molecule has 20 heavy (non-hydrogen) atoms. The molecule has 1 saturated heterocycles. The highest BCUT2D eigenvalue weighted by Crippen LogP contribution is 2.49. The summed E-state index contributed by atoms with van der Waals surface area (Å²) >= 11 is 0. The van der Waals surface area contributed by atoms with E-state index in [1.807, 2.05) is 0 Å². The SMILES string of the molecule is CC(C)(C)[C@H]1CN(c2ccccc2)[C@H]1c1ccccc1. The lowest BCUT2D eigenvalue weighted by Gasteiger charge is -2.55. The molecule has 0 aromatic heterocycles. The van der Waals surface area contributed by atoms with Crippen LogP contribution in [0.2, 0.25) is 0 Å². The summed E-state index contributed by atoms with van der Waals surface area (Å²) in [7, 11) is 0. The van der Waals surface area contributed by atoms with Gasteiger partial charge in [0.25, 0.3) is 0 Å². The molecular formula is C19H23N. The van der Waals surface area contributed by atoms with Crippen LogP contribution >= 0.6 is 0 Å². The van der Waals surface area contributed by atoms with Crippen molar-refractivity contribution in [2.45, 2.75) is 26.8 Å². The van der Waals surface area contributed by atoms with Crippen molar-refractivity contribution in [2.24, 2.45) is 11.3 Å². The Morgan fingerprint density at radius 1 is 0.850 bits per heavy atom. The van der Waals surface area contributed by atoms with E-state index in [0.29, 0.717) is 17.4 Å². The molecule has 0 bridgehead atoms. The van der Waals surface area contributed by atoms with Crippen LogP contribution in [-0.2, 0) is 0 Å². The molecule has 0 radical (unpaired) electrons. The molecular weight excluding hydrogens is 242 g/mol. The van der Waals surface area contributed by atoms with Crippen molar-refractivity contribution >= 4 is 5.69 Å². The Hall–Kier alpha value is -1.76. The van der Waals surface area contributed by atoms with Gasteiger partial charge in [0.2, 0.25) is 0 Å². The molecule has 1 heterocycles. The molecule has 0 amide bonds. The Morgan fingerprint density at radius 2 is 1.40 bits per heavy atom. The number of nitrogens with zero attached hydrogens (tertiary/aromatic N) is 1. The molecule has 3 rings (SSSR count). The number of benzene rings is 2. The molecule has 1 nitrogen and oxygen atoms in total. The fourth-order valence-corrected chi connectivity index (χ4v) is 3.20. The minimum absolute atomic E-state index is 0.339. The second kappa shape index (κ2) is 4.97. The minimum atomic E-state index is 0.339. The third-order valence-corrected chi connectivity index (χ3v) is 4.45. The van der Waals surface area contributed by atoms with Gasteiger partial charge >= 0.3 is 0 Å². The summed E-state index contributed by atoms with van der Waals surface area (Å²) < 4.78 is 0. The van der Waals surface area contributed by atoms with Gasteiger partial charge in [0.05, 0.1) is 6.04 Å². The van der Waals surface area contributed by atoms with Gasteiger partial charge in [0.1, 0.15) is 0 Å². The Bertz CT molecular complexity index is 553. The number of rotatable bonds is 2. The monoisotopic (exact) mass is 265 g/mol. The normalized spacial score (nSPS) is 22.4. The van der Waals surface area contributed by atoms with Crippen molar-refractivity contribution in [3.05, 3.63) is 66.2 Å². The van der Waals surface area contributed by atoms with Crippen molar-refractivity contribution in [3.63, 3.8) is 0 Å². The standard InChI is InChI=1S/C19H23N/c1-19(2,3)17-14-20(16-12-8-5-9-13-16)18(17)15-10-6-4-7-11-15/h4-13,17-18H,14H2,1-3H3/t17-,18-/m0/s1. The number of hydrogen-bond acceptors (Lipinski definition) is 1. The molecule has 0 unspecified atom stereocenters. The van der Waals surface area contributed by atoms with E-state index in [1.165, 1.54) is 11.3 Å². The van der Waals surface area contributed by atoms with Gasteiger partial charge in [-0.15, -0.1) is 0 Å². The van der Waals surface area contributed by atoms with Gasteiger partial charge in [-0.2, -0.15) is 0 Å². The molecule has 1 aliphatic heterocycles. The van der Waals surface area contributed by atoms with E-state index in [-0.39, 0.29) is 0 Å². The molecule has 0 aliphatic carbocycles. The highest BCUT2D eigenvalue weighted by Gasteiger charge is 2.45. The van der Waals surface area contributed by atoms with Crippen molar-refractivity contribution in [1.29, 1.82) is 0 Å². The van der Waals surface area contributed by atoms with Crippen LogP contribution in [0.25, 0.3) is 0 Å². The Kier molecular flexibility index (Phi) is 3.29. The largest absolute Gasteiger partial charge is 0.364 e. The molecule has 104 valence electrons. The summed E-state index contributed by atoms with van der Waals surface area (Å²) in [5, 5.41) is 0. The Balaban J connectivity index is 1.94. The van der Waals surface area contributed by atoms with Crippen molar-refractivity contribution < 1.29 is 0 Å². The first kappa shape index (κ1) is 13.2. The lowest BCUT2D eigenvalue weighted by molar-refractivity contribution is 0.135. The maximum absolute atomic E-state index is 2.53. The van der Waals surface area contributed by atoms with E-state index in [1.54, 1.807) is 0 Å². The molecule has 1 aliphatic rings. The van der Waals surface area contributed by atoms with E-state index in [9.17, 15) is 0 Å². The predicted octanol–water partition coefficient (Wildman–Crippen LogP) is 4.91. The first-order valence-electron chi connectivity index (χ1n) is 7.44. The van der Waals surface area contributed by atoms with Gasteiger partial charge in [0, 0.05) is 18.2 Å². The van der Waals surface area contributed by atoms with Crippen LogP contribution in [0.3, 0.4) is 0 Å². The minimum Gasteiger partial charge on any atom is -0.364 e. The van der Waals surface area contributed by atoms with Gasteiger partial charge in [-0.05, 0) is 23.1 Å². The summed E-state index contributed by atoms with van der Waals surface area (Å²) in [6.45, 7) is 8.22. The molecule has 1 fully saturated rings. The molecule has 0 spiro atoms. The van der Waals surface area contributed by atoms with Gasteiger partial charge in [-0.1, -0.05) is 69.3 Å². The first-order valence-corrected chi connectivity index (χ1v) is 7.44. The second-order valence-electron chi connectivity index (χ2n) is 6.82. The number of para-hydroxylation sites is 1. The van der Waals surface area contributed by atoms with Crippen LogP contribution < -0.4 is 4.90 Å². The summed E-state index contributed by atoms with van der Waals surface area (Å²) in [4.78, 5) is 2.53. The fraction of sp³-hybridized carbons (Fsp3) is 0.368. The van der Waals surface area contributed by atoms with Crippen LogP contribution in [0.4, 0.5) is 5.69 Å². The maximum Gasteiger partial charge on any atom is 0.0592 e. The third kappa shape index (κ3) is 2.33. The fourth-order valence-electron chi connectivity index (χ4n) is 3.20. The molecule has 0 saturated carbocycles. The third-order valence-electron chi connectivity index (χ3n) is 4.45. The van der Waals surface area contributed by atoms with Crippen LogP contribution in [0.15, 0.2) is 60.7 Å². The topological polar surface area (TPSA) is 3.24 Å². The zero-order chi connectivity index (χ0) is 14.2. The highest BCUT2D eigenvalue weighted by atomic mass is 15.2. The van der Waals surface area contributed by atoms with E-state index >= 15 is 0 Å². The summed E-state index contributed by atoms with van der Waals surface area (Å²) in [5.41, 5.74) is 3.11. The zero-order valence-corrected chi connectivity index (χ0v) is 12.6. The smallest absolute Gasteiger partial charge is 0.0592 e. The van der Waals surface area contributed by atoms with Gasteiger partial charge in [-0.25, -0.2) is 0 Å². The maximum atomic E-state index is 2.53. The van der Waals surface area contributed by atoms with Gasteiger partial charge < -0.3 is 4.90 Å². The van der Waals surface area contributed by atoms with Gasteiger partial charge in [0.15, 0.2) is 0 Å². The first-order chi connectivity index (χ1) is 9.57. The van der Waals surface area contributed by atoms with Crippen LogP contribution in [0.1, 0.15) is 32.4 Å². The van der Waals surface area contributed by atoms with E-state index in [4.69, 9.17) is 0 Å². The van der Waals surface area contributed by atoms with Crippen LogP contribution in [0.5, 0.6) is 0 Å². The Morgan fingerprint density at radius 3 is 1.95 bits per heavy atom. The van der Waals surface area contributed by atoms with E-state index < -0.39 is 0 Å². The summed E-state index contributed by atoms with van der Waals surface area (Å²) in [5.74, 6) is 0.699. The zero-order valence-electron chi connectivity index (χ0n) is 12.6. The highest BCUT2D eigenvalue weighted by molar-refractivity contribution is 5.52. The summed E-state index contributed by atoms with van der Waals surface area (Å²) in [6.07, 6.45) is 0. The Labute approximate surface area is 122 Å². The molecule has 2 aromatic rings. The van der Waals surface area contributed by atoms with Gasteiger partial charge in [-0.3, -0.25) is 0 Å². The van der Waals surface area contributed by atoms with E-state index in [2.05, 4.69) is 86.3 Å². The predicted molar refractivity (Wildman–Crippen MR) is 85.9 cm³/mol. The molecule has 0 N–H and O–H groups in total. The quantitative estimate of drug-likeness (QED) is 0.745. The van der Waals surface area contributed by atoms with Crippen LogP contribution in [-0.4, -0.2) is 6.54 Å². The second-order valence-corrected chi connectivity index (χ2v) is 6.82. The molecule has 2 aromatic carbocycles. The van der Waals surface area contributed by atoms with Crippen molar-refractivity contribution in [2.75, 3.05) is 11.4 Å². The number of anilines is 1. The summed E-state index contributed by atoms with van der Waals surface area (Å²) in [6, 6.07) is 22.2. The average Bonchev–Trinajstić information content (AvgIpc) is 2.38. The van der Waals surface area contributed by atoms with Crippen molar-refractivity contribution in [3.8, 4) is 0 Å². The molecule has 1 heteroatoms. The lowest BCUT2D eigenvalue weighted by Crippen LogP contribution is -2.54.